The summed E-state index contributed by atoms with van der Waals surface area (Å²) in [5.41, 5.74) is 2.73. The molecular formula is C24H18ClN3O2S2. The molecule has 0 bridgehead atoms. The molecule has 0 aliphatic heterocycles. The van der Waals surface area contributed by atoms with Gasteiger partial charge in [-0.1, -0.05) is 53.3 Å². The van der Waals surface area contributed by atoms with Crippen LogP contribution in [0.4, 0.5) is 5.13 Å². The summed E-state index contributed by atoms with van der Waals surface area (Å²) in [5.74, 6) is 0.498. The Labute approximate surface area is 197 Å². The van der Waals surface area contributed by atoms with Crippen LogP contribution < -0.4 is 9.64 Å². The van der Waals surface area contributed by atoms with E-state index in [2.05, 4.69) is 4.98 Å². The number of carbonyl (C=O) groups excluding carboxylic acids is 1. The molecule has 0 atom stereocenters. The fourth-order valence-corrected chi connectivity index (χ4v) is 6.06. The van der Waals surface area contributed by atoms with Crippen molar-refractivity contribution in [3.05, 3.63) is 82.0 Å². The van der Waals surface area contributed by atoms with E-state index in [0.717, 1.165) is 31.4 Å². The Balaban J connectivity index is 1.65. The molecule has 0 N–H and O–H groups in total. The van der Waals surface area contributed by atoms with Gasteiger partial charge in [0, 0.05) is 22.5 Å². The van der Waals surface area contributed by atoms with Crippen molar-refractivity contribution in [2.45, 2.75) is 13.5 Å². The molecule has 0 saturated heterocycles. The van der Waals surface area contributed by atoms with Gasteiger partial charge in [0.05, 0.1) is 23.4 Å². The predicted octanol–water partition coefficient (Wildman–Crippen LogP) is 6.72. The van der Waals surface area contributed by atoms with Gasteiger partial charge in [-0.25, -0.2) is 4.98 Å². The Morgan fingerprint density at radius 1 is 1.12 bits per heavy atom. The minimum Gasteiger partial charge on any atom is -0.494 e. The van der Waals surface area contributed by atoms with Crippen LogP contribution >= 0.6 is 34.3 Å². The molecule has 3 aromatic heterocycles. The minimum atomic E-state index is -0.185. The predicted molar refractivity (Wildman–Crippen MR) is 132 cm³/mol. The lowest BCUT2D eigenvalue weighted by atomic mass is 10.2. The highest BCUT2D eigenvalue weighted by Gasteiger charge is 2.27. The van der Waals surface area contributed by atoms with Crippen LogP contribution in [0.15, 0.2) is 60.9 Å². The van der Waals surface area contributed by atoms with Crippen molar-refractivity contribution in [1.82, 2.24) is 9.97 Å². The van der Waals surface area contributed by atoms with Gasteiger partial charge in [-0.15, -0.1) is 11.3 Å². The van der Waals surface area contributed by atoms with Gasteiger partial charge < -0.3 is 4.74 Å². The maximum absolute atomic E-state index is 13.8. The fourth-order valence-electron chi connectivity index (χ4n) is 3.55. The molecule has 5 nitrogen and oxygen atoms in total. The number of benzene rings is 2. The quantitative estimate of drug-likeness (QED) is 0.280. The summed E-state index contributed by atoms with van der Waals surface area (Å²) in [4.78, 5) is 25.0. The highest BCUT2D eigenvalue weighted by molar-refractivity contribution is 7.23. The number of rotatable bonds is 5. The average molecular weight is 480 g/mol. The third kappa shape index (κ3) is 3.62. The molecule has 1 amide bonds. The summed E-state index contributed by atoms with van der Waals surface area (Å²) in [6.07, 6.45) is 3.47. The highest BCUT2D eigenvalue weighted by Crippen LogP contribution is 2.40. The Morgan fingerprint density at radius 3 is 2.72 bits per heavy atom. The molecule has 5 aromatic rings. The standard InChI is InChI=1S/C24H18ClN3O2S2/c1-14-9-10-17(30-2)20-21(14)32-24(27-20)28(13-15-6-5-11-26-12-15)23(29)22-19(25)16-7-3-4-8-18(16)31-22/h3-12H,13H2,1-2H3. The molecule has 0 aliphatic rings. The number of carbonyl (C=O) groups is 1. The number of ether oxygens (including phenoxy) is 1. The fraction of sp³-hybridized carbons (Fsp3) is 0.125. The zero-order chi connectivity index (χ0) is 22.2. The maximum atomic E-state index is 13.8. The molecular weight excluding hydrogens is 462 g/mol. The van der Waals surface area contributed by atoms with Gasteiger partial charge in [0.1, 0.15) is 16.1 Å². The van der Waals surface area contributed by atoms with E-state index in [9.17, 15) is 4.79 Å². The first-order valence-electron chi connectivity index (χ1n) is 9.88. The van der Waals surface area contributed by atoms with Crippen LogP contribution in [-0.4, -0.2) is 23.0 Å². The molecule has 2 aromatic carbocycles. The monoisotopic (exact) mass is 479 g/mol. The minimum absolute atomic E-state index is 0.185. The van der Waals surface area contributed by atoms with E-state index in [1.165, 1.54) is 22.7 Å². The third-order valence-electron chi connectivity index (χ3n) is 5.18. The van der Waals surface area contributed by atoms with Crippen LogP contribution in [-0.2, 0) is 6.54 Å². The van der Waals surface area contributed by atoms with Crippen LogP contribution in [0.5, 0.6) is 5.75 Å². The molecule has 0 spiro atoms. The molecule has 8 heteroatoms. The lowest BCUT2D eigenvalue weighted by Crippen LogP contribution is -2.30. The Hall–Kier alpha value is -3.00. The number of hydrogen-bond acceptors (Lipinski definition) is 6. The van der Waals surface area contributed by atoms with Crippen molar-refractivity contribution >= 4 is 65.6 Å². The van der Waals surface area contributed by atoms with E-state index in [0.29, 0.717) is 27.3 Å². The van der Waals surface area contributed by atoms with E-state index < -0.39 is 0 Å². The maximum Gasteiger partial charge on any atom is 0.272 e. The lowest BCUT2D eigenvalue weighted by molar-refractivity contribution is 0.0989. The van der Waals surface area contributed by atoms with Gasteiger partial charge in [-0.3, -0.25) is 14.7 Å². The van der Waals surface area contributed by atoms with E-state index in [1.54, 1.807) is 24.4 Å². The zero-order valence-corrected chi connectivity index (χ0v) is 19.7. The number of anilines is 1. The van der Waals surface area contributed by atoms with Crippen molar-refractivity contribution < 1.29 is 9.53 Å². The van der Waals surface area contributed by atoms with Gasteiger partial charge in [0.25, 0.3) is 5.91 Å². The number of aryl methyl sites for hydroxylation is 1. The van der Waals surface area contributed by atoms with E-state index >= 15 is 0 Å². The Morgan fingerprint density at radius 2 is 1.97 bits per heavy atom. The average Bonchev–Trinajstić information content (AvgIpc) is 3.41. The van der Waals surface area contributed by atoms with Crippen LogP contribution in [0, 0.1) is 6.92 Å². The first-order valence-corrected chi connectivity index (χ1v) is 11.9. The molecule has 32 heavy (non-hydrogen) atoms. The number of nitrogens with zero attached hydrogens (tertiary/aromatic N) is 3. The number of amides is 1. The summed E-state index contributed by atoms with van der Waals surface area (Å²) >= 11 is 9.52. The second kappa shape index (κ2) is 8.50. The number of fused-ring (bicyclic) bond motifs is 2. The summed E-state index contributed by atoms with van der Waals surface area (Å²) in [6, 6.07) is 15.5. The molecule has 3 heterocycles. The van der Waals surface area contributed by atoms with E-state index in [4.69, 9.17) is 21.3 Å². The second-order valence-corrected chi connectivity index (χ2v) is 9.66. The van der Waals surface area contributed by atoms with Gasteiger partial charge >= 0.3 is 0 Å². The first-order chi connectivity index (χ1) is 15.6. The number of halogens is 1. The van der Waals surface area contributed by atoms with Gasteiger partial charge in [0.2, 0.25) is 0 Å². The largest absolute Gasteiger partial charge is 0.494 e. The van der Waals surface area contributed by atoms with Crippen LogP contribution in [0.25, 0.3) is 20.3 Å². The van der Waals surface area contributed by atoms with Crippen LogP contribution in [0.2, 0.25) is 5.02 Å². The molecule has 0 radical (unpaired) electrons. The van der Waals surface area contributed by atoms with Gasteiger partial charge in [0.15, 0.2) is 5.13 Å². The van der Waals surface area contributed by atoms with Crippen molar-refractivity contribution in [3.63, 3.8) is 0 Å². The number of thiazole rings is 1. The number of methoxy groups -OCH3 is 1. The van der Waals surface area contributed by atoms with Crippen molar-refractivity contribution in [2.24, 2.45) is 0 Å². The number of aromatic nitrogens is 2. The zero-order valence-electron chi connectivity index (χ0n) is 17.3. The SMILES string of the molecule is COc1ccc(C)c2sc(N(Cc3cccnc3)C(=O)c3sc4ccccc4c3Cl)nc12. The second-order valence-electron chi connectivity index (χ2n) is 7.25. The Bertz CT molecular complexity index is 1450. The van der Waals surface area contributed by atoms with Crippen LogP contribution in [0.3, 0.4) is 0 Å². The molecule has 0 fully saturated rings. The van der Waals surface area contributed by atoms with Crippen molar-refractivity contribution in [3.8, 4) is 5.75 Å². The first kappa shape index (κ1) is 20.9. The normalized spacial score (nSPS) is 11.2. The Kier molecular flexibility index (Phi) is 5.55. The molecule has 160 valence electrons. The highest BCUT2D eigenvalue weighted by atomic mass is 35.5. The van der Waals surface area contributed by atoms with Crippen LogP contribution in [0.1, 0.15) is 20.8 Å². The molecule has 0 saturated carbocycles. The molecule has 0 unspecified atom stereocenters. The topological polar surface area (TPSA) is 55.3 Å². The lowest BCUT2D eigenvalue weighted by Gasteiger charge is -2.19. The van der Waals surface area contributed by atoms with Gasteiger partial charge in [-0.05, 0) is 36.2 Å². The summed E-state index contributed by atoms with van der Waals surface area (Å²) in [6.45, 7) is 2.36. The van der Waals surface area contributed by atoms with E-state index in [1.807, 2.05) is 55.5 Å². The molecule has 5 rings (SSSR count). The van der Waals surface area contributed by atoms with Crippen molar-refractivity contribution in [2.75, 3.05) is 12.0 Å². The third-order valence-corrected chi connectivity index (χ3v) is 8.06. The smallest absolute Gasteiger partial charge is 0.272 e. The van der Waals surface area contributed by atoms with E-state index in [-0.39, 0.29) is 5.91 Å². The number of hydrogen-bond donors (Lipinski definition) is 0. The van der Waals surface area contributed by atoms with Gasteiger partial charge in [-0.2, -0.15) is 0 Å². The summed E-state index contributed by atoms with van der Waals surface area (Å²) in [7, 11) is 1.62. The number of thiophene rings is 1. The number of pyridine rings is 1. The summed E-state index contributed by atoms with van der Waals surface area (Å²) < 4.78 is 7.48. The summed E-state index contributed by atoms with van der Waals surface area (Å²) in [5, 5.41) is 1.95. The van der Waals surface area contributed by atoms with Crippen molar-refractivity contribution in [1.29, 1.82) is 0 Å². The molecule has 0 aliphatic carbocycles.